The van der Waals surface area contributed by atoms with Gasteiger partial charge in [0.2, 0.25) is 5.72 Å². The van der Waals surface area contributed by atoms with Gasteiger partial charge < -0.3 is 14.2 Å². The molecule has 1 aromatic carbocycles. The number of hydrogen-bond donors (Lipinski definition) is 0. The zero-order valence-electron chi connectivity index (χ0n) is 13.6. The highest BCUT2D eigenvalue weighted by Crippen LogP contribution is 2.32. The third-order valence-corrected chi connectivity index (χ3v) is 3.85. The Balaban J connectivity index is 2.03. The van der Waals surface area contributed by atoms with E-state index in [4.69, 9.17) is 14.2 Å². The molecule has 0 N–H and O–H groups in total. The SMILES string of the molecule is CCCOC(=O)[C@]1(OC)CCCN1C(=O)OCc1ccccc1. The van der Waals surface area contributed by atoms with Crippen LogP contribution in [0.5, 0.6) is 0 Å². The minimum atomic E-state index is -1.37. The van der Waals surface area contributed by atoms with E-state index in [1.165, 1.54) is 12.0 Å². The Kier molecular flexibility index (Phi) is 5.98. The summed E-state index contributed by atoms with van der Waals surface area (Å²) in [5.74, 6) is -0.531. The second-order valence-corrected chi connectivity index (χ2v) is 5.42. The fourth-order valence-corrected chi connectivity index (χ4v) is 2.64. The van der Waals surface area contributed by atoms with Gasteiger partial charge in [0.25, 0.3) is 0 Å². The lowest BCUT2D eigenvalue weighted by atomic mass is 10.1. The molecular formula is C17H23NO5. The second kappa shape index (κ2) is 7.97. The Morgan fingerprint density at radius 2 is 1.96 bits per heavy atom. The van der Waals surface area contributed by atoms with Crippen LogP contribution in [0, 0.1) is 0 Å². The summed E-state index contributed by atoms with van der Waals surface area (Å²) in [6.45, 7) is 2.77. The maximum Gasteiger partial charge on any atom is 0.412 e. The van der Waals surface area contributed by atoms with Crippen molar-refractivity contribution < 1.29 is 23.8 Å². The molecule has 0 aliphatic carbocycles. The molecular weight excluding hydrogens is 298 g/mol. The standard InChI is InChI=1S/C17H23NO5/c1-3-12-22-15(19)17(21-2)10-7-11-18(17)16(20)23-13-14-8-5-4-6-9-14/h4-6,8-9H,3,7,10-13H2,1-2H3/t17-/m1/s1. The monoisotopic (exact) mass is 321 g/mol. The number of carbonyl (C=O) groups is 2. The Labute approximate surface area is 136 Å². The van der Waals surface area contributed by atoms with Crippen molar-refractivity contribution in [2.24, 2.45) is 0 Å². The predicted molar refractivity (Wildman–Crippen MR) is 83.6 cm³/mol. The molecule has 1 fully saturated rings. The maximum atomic E-state index is 12.4. The van der Waals surface area contributed by atoms with Crippen LogP contribution < -0.4 is 0 Å². The highest BCUT2D eigenvalue weighted by Gasteiger charge is 2.52. The molecule has 1 aromatic rings. The van der Waals surface area contributed by atoms with Gasteiger partial charge in [-0.15, -0.1) is 0 Å². The van der Waals surface area contributed by atoms with Crippen LogP contribution in [-0.4, -0.2) is 42.9 Å². The lowest BCUT2D eigenvalue weighted by Crippen LogP contribution is -2.55. The normalized spacial score (nSPS) is 20.3. The zero-order chi connectivity index (χ0) is 16.7. The van der Waals surface area contributed by atoms with Crippen LogP contribution in [0.3, 0.4) is 0 Å². The number of amides is 1. The van der Waals surface area contributed by atoms with Crippen molar-refractivity contribution in [2.75, 3.05) is 20.3 Å². The van der Waals surface area contributed by atoms with Gasteiger partial charge in [-0.2, -0.15) is 0 Å². The van der Waals surface area contributed by atoms with E-state index in [1.54, 1.807) is 0 Å². The molecule has 0 radical (unpaired) electrons. The smallest absolute Gasteiger partial charge is 0.412 e. The number of benzene rings is 1. The van der Waals surface area contributed by atoms with Crippen LogP contribution in [0.15, 0.2) is 30.3 Å². The predicted octanol–water partition coefficient (Wildman–Crippen LogP) is 2.71. The van der Waals surface area contributed by atoms with Gasteiger partial charge in [0, 0.05) is 20.1 Å². The largest absolute Gasteiger partial charge is 0.462 e. The van der Waals surface area contributed by atoms with Crippen molar-refractivity contribution in [1.29, 1.82) is 0 Å². The first-order chi connectivity index (χ1) is 11.1. The van der Waals surface area contributed by atoms with Crippen molar-refractivity contribution >= 4 is 12.1 Å². The molecule has 0 bridgehead atoms. The van der Waals surface area contributed by atoms with Gasteiger partial charge in [-0.1, -0.05) is 37.3 Å². The van der Waals surface area contributed by atoms with Crippen LogP contribution in [0.25, 0.3) is 0 Å². The number of likely N-dealkylation sites (tertiary alicyclic amines) is 1. The molecule has 23 heavy (non-hydrogen) atoms. The molecule has 0 unspecified atom stereocenters. The van der Waals surface area contributed by atoms with Gasteiger partial charge in [0.15, 0.2) is 0 Å². The van der Waals surface area contributed by atoms with Crippen molar-refractivity contribution in [3.05, 3.63) is 35.9 Å². The van der Waals surface area contributed by atoms with Crippen molar-refractivity contribution in [3.63, 3.8) is 0 Å². The van der Waals surface area contributed by atoms with E-state index >= 15 is 0 Å². The lowest BCUT2D eigenvalue weighted by Gasteiger charge is -2.33. The van der Waals surface area contributed by atoms with Crippen LogP contribution in [0.1, 0.15) is 31.7 Å². The maximum absolute atomic E-state index is 12.4. The summed E-state index contributed by atoms with van der Waals surface area (Å²) in [5, 5.41) is 0. The second-order valence-electron chi connectivity index (χ2n) is 5.42. The number of methoxy groups -OCH3 is 1. The molecule has 0 aromatic heterocycles. The van der Waals surface area contributed by atoms with E-state index in [2.05, 4.69) is 0 Å². The first-order valence-electron chi connectivity index (χ1n) is 7.84. The highest BCUT2D eigenvalue weighted by atomic mass is 16.6. The molecule has 6 nitrogen and oxygen atoms in total. The quantitative estimate of drug-likeness (QED) is 0.754. The molecule has 2 rings (SSSR count). The molecule has 126 valence electrons. The van der Waals surface area contributed by atoms with Crippen LogP contribution in [-0.2, 0) is 25.6 Å². The van der Waals surface area contributed by atoms with Gasteiger partial charge >= 0.3 is 12.1 Å². The summed E-state index contributed by atoms with van der Waals surface area (Å²) in [7, 11) is 1.41. The average Bonchev–Trinajstić information content (AvgIpc) is 3.03. The number of esters is 1. The van der Waals surface area contributed by atoms with Crippen molar-refractivity contribution in [3.8, 4) is 0 Å². The highest BCUT2D eigenvalue weighted by molar-refractivity contribution is 5.85. The summed E-state index contributed by atoms with van der Waals surface area (Å²) in [6.07, 6.45) is 1.22. The van der Waals surface area contributed by atoms with E-state index in [1.807, 2.05) is 37.3 Å². The molecule has 1 amide bonds. The summed E-state index contributed by atoms with van der Waals surface area (Å²) in [5.41, 5.74) is -0.486. The summed E-state index contributed by atoms with van der Waals surface area (Å²) in [4.78, 5) is 26.1. The third kappa shape index (κ3) is 3.82. The fourth-order valence-electron chi connectivity index (χ4n) is 2.64. The van der Waals surface area contributed by atoms with E-state index < -0.39 is 17.8 Å². The fraction of sp³-hybridized carbons (Fsp3) is 0.529. The summed E-state index contributed by atoms with van der Waals surface area (Å²) in [6, 6.07) is 9.39. The average molecular weight is 321 g/mol. The molecule has 1 heterocycles. The van der Waals surface area contributed by atoms with Gasteiger partial charge in [-0.25, -0.2) is 9.59 Å². The summed E-state index contributed by atoms with van der Waals surface area (Å²) >= 11 is 0. The number of hydrogen-bond acceptors (Lipinski definition) is 5. The molecule has 0 spiro atoms. The molecule has 6 heteroatoms. The van der Waals surface area contributed by atoms with Gasteiger partial charge in [0.1, 0.15) is 6.61 Å². The molecule has 1 aliphatic rings. The van der Waals surface area contributed by atoms with Gasteiger partial charge in [-0.05, 0) is 18.4 Å². The Morgan fingerprint density at radius 3 is 2.61 bits per heavy atom. The van der Waals surface area contributed by atoms with Crippen LogP contribution >= 0.6 is 0 Å². The van der Waals surface area contributed by atoms with E-state index in [0.717, 1.165) is 5.56 Å². The molecule has 1 atom stereocenters. The number of ether oxygens (including phenoxy) is 3. The Morgan fingerprint density at radius 1 is 1.22 bits per heavy atom. The first kappa shape index (κ1) is 17.3. The van der Waals surface area contributed by atoms with E-state index in [-0.39, 0.29) is 6.61 Å². The van der Waals surface area contributed by atoms with Crippen molar-refractivity contribution in [2.45, 2.75) is 38.5 Å². The molecule has 1 saturated heterocycles. The third-order valence-electron chi connectivity index (χ3n) is 3.85. The van der Waals surface area contributed by atoms with Gasteiger partial charge in [-0.3, -0.25) is 4.90 Å². The van der Waals surface area contributed by atoms with Gasteiger partial charge in [0.05, 0.1) is 6.61 Å². The zero-order valence-corrected chi connectivity index (χ0v) is 13.6. The van der Waals surface area contributed by atoms with Crippen LogP contribution in [0.4, 0.5) is 4.79 Å². The number of nitrogens with zero attached hydrogens (tertiary/aromatic N) is 1. The first-order valence-corrected chi connectivity index (χ1v) is 7.84. The minimum absolute atomic E-state index is 0.153. The minimum Gasteiger partial charge on any atom is -0.462 e. The Hall–Kier alpha value is -2.08. The molecule has 0 saturated carbocycles. The topological polar surface area (TPSA) is 65.1 Å². The molecule has 1 aliphatic heterocycles. The Bertz CT molecular complexity index is 533. The number of carbonyl (C=O) groups excluding carboxylic acids is 2. The van der Waals surface area contributed by atoms with E-state index in [9.17, 15) is 9.59 Å². The number of rotatable bonds is 6. The van der Waals surface area contributed by atoms with Crippen LogP contribution in [0.2, 0.25) is 0 Å². The van der Waals surface area contributed by atoms with Crippen molar-refractivity contribution in [1.82, 2.24) is 4.90 Å². The lowest BCUT2D eigenvalue weighted by molar-refractivity contribution is -0.186. The van der Waals surface area contributed by atoms with E-state index in [0.29, 0.717) is 32.4 Å². The summed E-state index contributed by atoms with van der Waals surface area (Å²) < 4.78 is 15.9.